The highest BCUT2D eigenvalue weighted by atomic mass is 32.2. The number of aryl methyl sites for hydroxylation is 1. The number of rotatable bonds is 8. The fourth-order valence-electron chi connectivity index (χ4n) is 2.58. The van der Waals surface area contributed by atoms with Crippen LogP contribution in [0, 0.1) is 35.0 Å². The van der Waals surface area contributed by atoms with Crippen molar-refractivity contribution in [2.24, 2.45) is 5.41 Å². The quantitative estimate of drug-likeness (QED) is 0.465. The van der Waals surface area contributed by atoms with Crippen molar-refractivity contribution in [2.45, 2.75) is 25.8 Å². The number of ketones is 1. The van der Waals surface area contributed by atoms with Crippen molar-refractivity contribution in [3.8, 4) is 23.3 Å². The van der Waals surface area contributed by atoms with Gasteiger partial charge in [-0.2, -0.15) is 18.9 Å². The predicted molar refractivity (Wildman–Crippen MR) is 119 cm³/mol. The van der Waals surface area contributed by atoms with Crippen molar-refractivity contribution < 1.29 is 17.4 Å². The maximum absolute atomic E-state index is 12.7. The standard InChI is InChI=1S/C21H22N4O4S2/c1-13-5-7-14(8-6-13)18-15(9-22)19(24)25-20(16(18)10-23)30-11-17(26)21(2,3)12-29-31(4,27)28/h5-8H,11-12H2,1-4H3,(H2,24,25). The van der Waals surface area contributed by atoms with E-state index in [9.17, 15) is 23.7 Å². The van der Waals surface area contributed by atoms with Crippen LogP contribution in [0.15, 0.2) is 29.3 Å². The molecule has 1 heterocycles. The first-order valence-electron chi connectivity index (χ1n) is 9.11. The van der Waals surface area contributed by atoms with Gasteiger partial charge in [0.2, 0.25) is 0 Å². The number of nitriles is 2. The van der Waals surface area contributed by atoms with Crippen LogP contribution in [0.4, 0.5) is 5.82 Å². The number of carbonyl (C=O) groups is 1. The Bertz CT molecular complexity index is 1190. The van der Waals surface area contributed by atoms with Gasteiger partial charge in [-0.1, -0.05) is 55.4 Å². The van der Waals surface area contributed by atoms with Crippen molar-refractivity contribution >= 4 is 33.5 Å². The van der Waals surface area contributed by atoms with Gasteiger partial charge in [-0.3, -0.25) is 8.98 Å². The van der Waals surface area contributed by atoms with Crippen molar-refractivity contribution in [1.82, 2.24) is 4.98 Å². The molecule has 162 valence electrons. The van der Waals surface area contributed by atoms with Gasteiger partial charge in [0.25, 0.3) is 10.1 Å². The summed E-state index contributed by atoms with van der Waals surface area (Å²) in [4.78, 5) is 16.8. The molecular weight excluding hydrogens is 436 g/mol. The molecule has 0 aliphatic rings. The summed E-state index contributed by atoms with van der Waals surface area (Å²) in [6.45, 7) is 4.77. The van der Waals surface area contributed by atoms with Crippen molar-refractivity contribution in [3.05, 3.63) is 41.0 Å². The number of nitrogens with two attached hydrogens (primary N) is 1. The number of hydrogen-bond acceptors (Lipinski definition) is 9. The summed E-state index contributed by atoms with van der Waals surface area (Å²) in [5.74, 6) is -0.404. The topological polar surface area (TPSA) is 147 Å². The van der Waals surface area contributed by atoms with E-state index in [0.717, 1.165) is 23.6 Å². The average Bonchev–Trinajstić information content (AvgIpc) is 2.70. The summed E-state index contributed by atoms with van der Waals surface area (Å²) in [6.07, 6.45) is 0.914. The second-order valence-electron chi connectivity index (χ2n) is 7.58. The fourth-order valence-corrected chi connectivity index (χ4v) is 4.20. The monoisotopic (exact) mass is 458 g/mol. The van der Waals surface area contributed by atoms with Gasteiger partial charge in [0.1, 0.15) is 28.5 Å². The lowest BCUT2D eigenvalue weighted by molar-refractivity contribution is -0.125. The SMILES string of the molecule is Cc1ccc(-c2c(C#N)c(N)nc(SCC(=O)C(C)(C)COS(C)(=O)=O)c2C#N)cc1. The van der Waals surface area contributed by atoms with E-state index in [2.05, 4.69) is 11.1 Å². The second kappa shape index (κ2) is 9.48. The number of pyridine rings is 1. The molecule has 0 unspecified atom stereocenters. The molecule has 2 rings (SSSR count). The third-order valence-corrected chi connectivity index (χ3v) is 6.01. The van der Waals surface area contributed by atoms with Gasteiger partial charge in [-0.25, -0.2) is 4.98 Å². The van der Waals surface area contributed by atoms with E-state index in [1.165, 1.54) is 0 Å². The Morgan fingerprint density at radius 1 is 1.19 bits per heavy atom. The Hall–Kier alpha value is -2.92. The average molecular weight is 459 g/mol. The maximum atomic E-state index is 12.7. The van der Waals surface area contributed by atoms with Gasteiger partial charge in [0, 0.05) is 11.0 Å². The zero-order chi connectivity index (χ0) is 23.4. The van der Waals surface area contributed by atoms with Gasteiger partial charge in [0.05, 0.1) is 24.2 Å². The molecule has 2 N–H and O–H groups in total. The molecule has 8 nitrogen and oxygen atoms in total. The Balaban J connectivity index is 2.40. The first-order chi connectivity index (χ1) is 14.4. The zero-order valence-electron chi connectivity index (χ0n) is 17.6. The van der Waals surface area contributed by atoms with Gasteiger partial charge in [0.15, 0.2) is 5.78 Å². The van der Waals surface area contributed by atoms with Crippen LogP contribution >= 0.6 is 11.8 Å². The van der Waals surface area contributed by atoms with Crippen LogP contribution in [0.1, 0.15) is 30.5 Å². The molecule has 10 heteroatoms. The Morgan fingerprint density at radius 2 is 1.77 bits per heavy atom. The minimum atomic E-state index is -3.68. The van der Waals surface area contributed by atoms with Crippen LogP contribution in [0.3, 0.4) is 0 Å². The zero-order valence-corrected chi connectivity index (χ0v) is 19.2. The molecule has 31 heavy (non-hydrogen) atoms. The second-order valence-corrected chi connectivity index (χ2v) is 10.2. The normalized spacial score (nSPS) is 11.5. The molecular formula is C21H22N4O4S2. The summed E-state index contributed by atoms with van der Waals surface area (Å²) in [6, 6.07) is 11.4. The number of anilines is 1. The first kappa shape index (κ1) is 24.4. The number of hydrogen-bond donors (Lipinski definition) is 1. The van der Waals surface area contributed by atoms with Crippen molar-refractivity contribution in [1.29, 1.82) is 10.5 Å². The van der Waals surface area contributed by atoms with Crippen LogP contribution in [0.25, 0.3) is 11.1 Å². The van der Waals surface area contributed by atoms with Crippen molar-refractivity contribution in [3.63, 3.8) is 0 Å². The van der Waals surface area contributed by atoms with E-state index < -0.39 is 15.5 Å². The van der Waals surface area contributed by atoms with Crippen LogP contribution in [-0.4, -0.2) is 37.8 Å². The van der Waals surface area contributed by atoms with E-state index in [1.54, 1.807) is 26.0 Å². The summed E-state index contributed by atoms with van der Waals surface area (Å²) in [5, 5.41) is 19.6. The molecule has 0 aliphatic carbocycles. The lowest BCUT2D eigenvalue weighted by atomic mass is 9.90. The highest BCUT2D eigenvalue weighted by molar-refractivity contribution is 8.00. The summed E-state index contributed by atoms with van der Waals surface area (Å²) < 4.78 is 27.2. The van der Waals surface area contributed by atoms with E-state index in [0.29, 0.717) is 11.1 Å². The molecule has 1 aromatic heterocycles. The molecule has 0 atom stereocenters. The lowest BCUT2D eigenvalue weighted by Crippen LogP contribution is -2.32. The van der Waals surface area contributed by atoms with E-state index in [4.69, 9.17) is 9.92 Å². The first-order valence-corrected chi connectivity index (χ1v) is 11.9. The number of aromatic nitrogens is 1. The number of Topliss-reactive ketones (excluding diaryl/α,β-unsaturated/α-hetero) is 1. The van der Waals surface area contributed by atoms with E-state index >= 15 is 0 Å². The fraction of sp³-hybridized carbons (Fsp3) is 0.333. The van der Waals surface area contributed by atoms with Gasteiger partial charge in [-0.05, 0) is 12.5 Å². The molecule has 1 aromatic carbocycles. The Kier molecular flexibility index (Phi) is 7.45. The lowest BCUT2D eigenvalue weighted by Gasteiger charge is -2.22. The highest BCUT2D eigenvalue weighted by Gasteiger charge is 2.30. The molecule has 0 radical (unpaired) electrons. The molecule has 2 aromatic rings. The third kappa shape index (κ3) is 6.05. The Labute approximate surface area is 186 Å². The molecule has 0 saturated heterocycles. The minimum absolute atomic E-state index is 0.0355. The number of nitrogens with zero attached hydrogens (tertiary/aromatic N) is 3. The molecule has 0 fully saturated rings. The van der Waals surface area contributed by atoms with Crippen LogP contribution < -0.4 is 5.73 Å². The van der Waals surface area contributed by atoms with Gasteiger partial charge < -0.3 is 5.73 Å². The van der Waals surface area contributed by atoms with E-state index in [1.807, 2.05) is 25.1 Å². The third-order valence-electron chi connectivity index (χ3n) is 4.48. The van der Waals surface area contributed by atoms with Crippen molar-refractivity contribution in [2.75, 3.05) is 24.3 Å². The van der Waals surface area contributed by atoms with Crippen LogP contribution in [-0.2, 0) is 19.1 Å². The summed E-state index contributed by atoms with van der Waals surface area (Å²) in [7, 11) is -3.68. The summed E-state index contributed by atoms with van der Waals surface area (Å²) >= 11 is 1.01. The summed E-state index contributed by atoms with van der Waals surface area (Å²) in [5.41, 5.74) is 7.19. The molecule has 0 aliphatic heterocycles. The number of thioether (sulfide) groups is 1. The van der Waals surface area contributed by atoms with Crippen LogP contribution in [0.5, 0.6) is 0 Å². The number of carbonyl (C=O) groups excluding carboxylic acids is 1. The van der Waals surface area contributed by atoms with Gasteiger partial charge in [-0.15, -0.1) is 0 Å². The van der Waals surface area contributed by atoms with Gasteiger partial charge >= 0.3 is 0 Å². The van der Waals surface area contributed by atoms with E-state index in [-0.39, 0.29) is 40.1 Å². The predicted octanol–water partition coefficient (Wildman–Crippen LogP) is 3.05. The van der Waals surface area contributed by atoms with Crippen LogP contribution in [0.2, 0.25) is 0 Å². The molecule has 0 amide bonds. The smallest absolute Gasteiger partial charge is 0.264 e. The number of benzene rings is 1. The molecule has 0 spiro atoms. The number of nitrogen functional groups attached to an aromatic ring is 1. The molecule has 0 bridgehead atoms. The largest absolute Gasteiger partial charge is 0.383 e. The molecule has 0 saturated carbocycles. The maximum Gasteiger partial charge on any atom is 0.264 e. The highest BCUT2D eigenvalue weighted by Crippen LogP contribution is 2.36. The minimum Gasteiger partial charge on any atom is -0.383 e. The Morgan fingerprint density at radius 3 is 2.29 bits per heavy atom.